The van der Waals surface area contributed by atoms with Crippen molar-refractivity contribution >= 4 is 5.91 Å². The Labute approximate surface area is 60.3 Å². The van der Waals surface area contributed by atoms with Crippen molar-refractivity contribution in [3.63, 3.8) is 0 Å². The summed E-state index contributed by atoms with van der Waals surface area (Å²) >= 11 is 0. The molecule has 0 saturated heterocycles. The third-order valence-corrected chi connectivity index (χ3v) is 0.845. The van der Waals surface area contributed by atoms with Crippen LogP contribution in [0.15, 0.2) is 11.9 Å². The number of carbonyl (C=O) groups excluding carboxylic acids is 1. The zero-order chi connectivity index (χ0) is 7.98. The Balaban J connectivity index is 3.21. The molecule has 0 unspecified atom stereocenters. The van der Waals surface area contributed by atoms with Crippen molar-refractivity contribution in [2.24, 2.45) is 11.5 Å². The molecule has 4 heteroatoms. The molecule has 58 valence electrons. The van der Waals surface area contributed by atoms with Gasteiger partial charge in [-0.15, -0.1) is 0 Å². The van der Waals surface area contributed by atoms with Gasteiger partial charge in [-0.25, -0.2) is 0 Å². The first kappa shape index (κ1) is 8.81. The van der Waals surface area contributed by atoms with Crippen LogP contribution in [-0.2, 0) is 4.79 Å². The van der Waals surface area contributed by atoms with Crippen molar-refractivity contribution in [3.05, 3.63) is 11.9 Å². The minimum atomic E-state index is -0.310. The van der Waals surface area contributed by atoms with Crippen LogP contribution < -0.4 is 16.8 Å². The number of amides is 1. The lowest BCUT2D eigenvalue weighted by molar-refractivity contribution is -0.117. The van der Waals surface area contributed by atoms with E-state index in [2.05, 4.69) is 5.32 Å². The van der Waals surface area contributed by atoms with Crippen molar-refractivity contribution in [1.29, 1.82) is 0 Å². The van der Waals surface area contributed by atoms with Gasteiger partial charge in [-0.3, -0.25) is 4.79 Å². The molecule has 1 amide bonds. The van der Waals surface area contributed by atoms with Crippen molar-refractivity contribution < 1.29 is 4.79 Å². The molecule has 0 aliphatic heterocycles. The van der Waals surface area contributed by atoms with Crippen LogP contribution in [0.1, 0.15) is 13.3 Å². The van der Waals surface area contributed by atoms with Gasteiger partial charge in [0.15, 0.2) is 0 Å². The molecule has 0 aliphatic carbocycles. The Bertz CT molecular complexity index is 138. The minimum Gasteiger partial charge on any atom is -0.401 e. The third kappa shape index (κ3) is 6.81. The second-order valence-electron chi connectivity index (χ2n) is 2.06. The summed E-state index contributed by atoms with van der Waals surface area (Å²) in [6.45, 7) is 2.31. The van der Waals surface area contributed by atoms with Crippen LogP contribution in [0.25, 0.3) is 0 Å². The molecule has 10 heavy (non-hydrogen) atoms. The highest BCUT2D eigenvalue weighted by Gasteiger charge is 1.89. The van der Waals surface area contributed by atoms with Crippen molar-refractivity contribution in [2.45, 2.75) is 13.3 Å². The summed E-state index contributed by atoms with van der Waals surface area (Å²) < 4.78 is 0. The van der Waals surface area contributed by atoms with E-state index in [9.17, 15) is 4.79 Å². The Morgan fingerprint density at radius 2 is 2.20 bits per heavy atom. The van der Waals surface area contributed by atoms with Gasteiger partial charge in [0.25, 0.3) is 0 Å². The molecule has 0 saturated carbocycles. The fourth-order valence-electron chi connectivity index (χ4n) is 0.429. The van der Waals surface area contributed by atoms with Crippen molar-refractivity contribution in [2.75, 3.05) is 6.54 Å². The second kappa shape index (κ2) is 4.67. The van der Waals surface area contributed by atoms with Crippen LogP contribution in [0.4, 0.5) is 0 Å². The lowest BCUT2D eigenvalue weighted by Gasteiger charge is -1.97. The lowest BCUT2D eigenvalue weighted by atomic mass is 10.4. The lowest BCUT2D eigenvalue weighted by Crippen LogP contribution is -2.19. The largest absolute Gasteiger partial charge is 0.401 e. The Kier molecular flexibility index (Phi) is 4.11. The molecular formula is C6H13N3O. The van der Waals surface area contributed by atoms with E-state index < -0.39 is 0 Å². The molecule has 5 N–H and O–H groups in total. The van der Waals surface area contributed by atoms with Gasteiger partial charge in [0.1, 0.15) is 0 Å². The molecule has 0 radical (unpaired) electrons. The number of nitrogens with one attached hydrogen (secondary N) is 1. The van der Waals surface area contributed by atoms with E-state index in [1.165, 1.54) is 0 Å². The molecular weight excluding hydrogens is 130 g/mol. The number of primary amides is 1. The predicted octanol–water partition coefficient (Wildman–Crippen LogP) is -0.729. The summed E-state index contributed by atoms with van der Waals surface area (Å²) in [5, 5.41) is 2.83. The number of allylic oxidation sites excluding steroid dienone is 1. The maximum absolute atomic E-state index is 10.2. The van der Waals surface area contributed by atoms with Crippen LogP contribution in [-0.4, -0.2) is 12.5 Å². The van der Waals surface area contributed by atoms with Crippen LogP contribution >= 0.6 is 0 Å². The van der Waals surface area contributed by atoms with Gasteiger partial charge in [0.05, 0.1) is 0 Å². The topological polar surface area (TPSA) is 81.1 Å². The summed E-state index contributed by atoms with van der Waals surface area (Å²) in [4.78, 5) is 10.2. The number of rotatable bonds is 4. The van der Waals surface area contributed by atoms with Gasteiger partial charge in [-0.05, 0) is 6.92 Å². The summed E-state index contributed by atoms with van der Waals surface area (Å²) in [6, 6.07) is 0. The number of hydrogen-bond donors (Lipinski definition) is 3. The van der Waals surface area contributed by atoms with Crippen LogP contribution in [0.5, 0.6) is 0 Å². The maximum atomic E-state index is 10.2. The van der Waals surface area contributed by atoms with Crippen molar-refractivity contribution in [1.82, 2.24) is 5.32 Å². The quantitative estimate of drug-likeness (QED) is 0.454. The number of nitrogens with two attached hydrogens (primary N) is 2. The average molecular weight is 143 g/mol. The molecule has 0 bridgehead atoms. The monoisotopic (exact) mass is 143 g/mol. The molecule has 0 aliphatic rings. The molecule has 0 aromatic rings. The van der Waals surface area contributed by atoms with E-state index in [0.717, 1.165) is 0 Å². The van der Waals surface area contributed by atoms with Crippen LogP contribution in [0, 0.1) is 0 Å². The van der Waals surface area contributed by atoms with E-state index in [0.29, 0.717) is 18.7 Å². The first-order valence-corrected chi connectivity index (χ1v) is 3.07. The van der Waals surface area contributed by atoms with Gasteiger partial charge in [-0.2, -0.15) is 0 Å². The SMILES string of the molecule is CC(N)=CNCCC(N)=O. The average Bonchev–Trinajstić information content (AvgIpc) is 1.79. The predicted molar refractivity (Wildman–Crippen MR) is 39.8 cm³/mol. The zero-order valence-electron chi connectivity index (χ0n) is 6.05. The minimum absolute atomic E-state index is 0.310. The van der Waals surface area contributed by atoms with Gasteiger partial charge < -0.3 is 16.8 Å². The normalized spacial score (nSPS) is 11.1. The Morgan fingerprint density at radius 1 is 1.60 bits per heavy atom. The number of carbonyl (C=O) groups is 1. The van der Waals surface area contributed by atoms with E-state index in [1.807, 2.05) is 0 Å². The molecule has 0 rings (SSSR count). The first-order chi connectivity index (χ1) is 4.63. The molecule has 0 fully saturated rings. The number of hydrogen-bond acceptors (Lipinski definition) is 3. The second-order valence-corrected chi connectivity index (χ2v) is 2.06. The standard InChI is InChI=1S/C6H13N3O/c1-5(7)4-9-3-2-6(8)10/h4,9H,2-3,7H2,1H3,(H2,8,10). The summed E-state index contributed by atoms with van der Waals surface area (Å²) in [5.74, 6) is -0.310. The Morgan fingerprint density at radius 3 is 2.60 bits per heavy atom. The van der Waals surface area contributed by atoms with Crippen molar-refractivity contribution in [3.8, 4) is 0 Å². The highest BCUT2D eigenvalue weighted by molar-refractivity contribution is 5.73. The molecule has 0 heterocycles. The van der Waals surface area contributed by atoms with Gasteiger partial charge in [0, 0.05) is 24.9 Å². The Hall–Kier alpha value is -1.19. The molecule has 4 nitrogen and oxygen atoms in total. The van der Waals surface area contributed by atoms with E-state index >= 15 is 0 Å². The van der Waals surface area contributed by atoms with Gasteiger partial charge >= 0.3 is 0 Å². The molecule has 0 atom stereocenters. The molecule has 0 aromatic heterocycles. The van der Waals surface area contributed by atoms with Gasteiger partial charge in [0.2, 0.25) is 5.91 Å². The highest BCUT2D eigenvalue weighted by atomic mass is 16.1. The van der Waals surface area contributed by atoms with E-state index in [-0.39, 0.29) is 5.91 Å². The maximum Gasteiger partial charge on any atom is 0.219 e. The summed E-state index contributed by atoms with van der Waals surface area (Å²) in [6.07, 6.45) is 1.98. The van der Waals surface area contributed by atoms with E-state index in [1.54, 1.807) is 13.1 Å². The van der Waals surface area contributed by atoms with Crippen LogP contribution in [0.3, 0.4) is 0 Å². The highest BCUT2D eigenvalue weighted by Crippen LogP contribution is 1.76. The van der Waals surface area contributed by atoms with E-state index in [4.69, 9.17) is 11.5 Å². The first-order valence-electron chi connectivity index (χ1n) is 3.07. The fourth-order valence-corrected chi connectivity index (χ4v) is 0.429. The van der Waals surface area contributed by atoms with Gasteiger partial charge in [-0.1, -0.05) is 0 Å². The fraction of sp³-hybridized carbons (Fsp3) is 0.500. The smallest absolute Gasteiger partial charge is 0.219 e. The summed E-state index contributed by atoms with van der Waals surface area (Å²) in [5.41, 5.74) is 10.9. The van der Waals surface area contributed by atoms with Crippen LogP contribution in [0.2, 0.25) is 0 Å². The zero-order valence-corrected chi connectivity index (χ0v) is 6.05. The third-order valence-electron chi connectivity index (χ3n) is 0.845. The summed E-state index contributed by atoms with van der Waals surface area (Å²) in [7, 11) is 0. The molecule has 0 aromatic carbocycles. The molecule has 0 spiro atoms.